The number of imidazole rings is 1. The van der Waals surface area contributed by atoms with E-state index in [4.69, 9.17) is 0 Å². The summed E-state index contributed by atoms with van der Waals surface area (Å²) in [7, 11) is 0. The fourth-order valence-corrected chi connectivity index (χ4v) is 4.84. The summed E-state index contributed by atoms with van der Waals surface area (Å²) in [5, 5.41) is 2.96. The number of aryl methyl sites for hydroxylation is 1. The molecule has 2 amide bonds. The Hall–Kier alpha value is -2.80. The van der Waals surface area contributed by atoms with Gasteiger partial charge in [0, 0.05) is 23.5 Å². The molecule has 2 aromatic carbocycles. The van der Waals surface area contributed by atoms with Crippen molar-refractivity contribution in [3.63, 3.8) is 0 Å². The summed E-state index contributed by atoms with van der Waals surface area (Å²) < 4.78 is 2.08. The van der Waals surface area contributed by atoms with Crippen LogP contribution in [0.2, 0.25) is 0 Å². The molecular weight excluding hydrogens is 396 g/mol. The quantitative estimate of drug-likeness (QED) is 0.682. The Kier molecular flexibility index (Phi) is 5.81. The number of amides is 2. The van der Waals surface area contributed by atoms with Gasteiger partial charge < -0.3 is 10.2 Å². The lowest BCUT2D eigenvalue weighted by Crippen LogP contribution is -2.47. The number of hydrogen-bond donors (Lipinski definition) is 1. The maximum Gasteiger partial charge on any atom is 0.255 e. The van der Waals surface area contributed by atoms with E-state index in [1.54, 1.807) is 16.7 Å². The molecule has 1 unspecified atom stereocenters. The number of thioether (sulfide) groups is 1. The summed E-state index contributed by atoms with van der Waals surface area (Å²) in [5.41, 5.74) is 3.32. The van der Waals surface area contributed by atoms with Crippen molar-refractivity contribution in [1.29, 1.82) is 0 Å². The molecule has 1 fully saturated rings. The third-order valence-electron chi connectivity index (χ3n) is 5.21. The van der Waals surface area contributed by atoms with Crippen LogP contribution in [0, 0.1) is 12.8 Å². The van der Waals surface area contributed by atoms with E-state index in [2.05, 4.69) is 28.7 Å². The third-order valence-corrected chi connectivity index (χ3v) is 6.23. The number of para-hydroxylation sites is 1. The maximum absolute atomic E-state index is 13.2. The zero-order valence-corrected chi connectivity index (χ0v) is 18.3. The van der Waals surface area contributed by atoms with Crippen LogP contribution in [-0.4, -0.2) is 50.5 Å². The minimum Gasteiger partial charge on any atom is -0.354 e. The minimum atomic E-state index is -0.430. The molecule has 1 aliphatic rings. The van der Waals surface area contributed by atoms with Gasteiger partial charge in [0.25, 0.3) is 5.91 Å². The monoisotopic (exact) mass is 422 g/mol. The van der Waals surface area contributed by atoms with E-state index in [9.17, 15) is 9.59 Å². The molecule has 0 saturated carbocycles. The average molecular weight is 423 g/mol. The SMILES string of the molecule is Cc1nc2cc(C(=O)N3CSCC3C(=O)NCC(C)C)ccc2n1-c1ccccc1. The molecular formula is C23H26N4O2S. The Morgan fingerprint density at radius 2 is 1.97 bits per heavy atom. The summed E-state index contributed by atoms with van der Waals surface area (Å²) in [6.07, 6.45) is 0. The fraction of sp³-hybridized carbons (Fsp3) is 0.348. The first-order valence-electron chi connectivity index (χ1n) is 10.2. The normalized spacial score (nSPS) is 16.4. The van der Waals surface area contributed by atoms with Crippen molar-refractivity contribution in [3.8, 4) is 5.69 Å². The van der Waals surface area contributed by atoms with Gasteiger partial charge >= 0.3 is 0 Å². The van der Waals surface area contributed by atoms with E-state index in [1.807, 2.05) is 55.5 Å². The zero-order chi connectivity index (χ0) is 21.3. The molecule has 0 spiro atoms. The van der Waals surface area contributed by atoms with Crippen LogP contribution in [-0.2, 0) is 4.79 Å². The molecule has 1 aromatic heterocycles. The molecule has 0 bridgehead atoms. The van der Waals surface area contributed by atoms with Gasteiger partial charge in [0.2, 0.25) is 5.91 Å². The number of aromatic nitrogens is 2. The zero-order valence-electron chi connectivity index (χ0n) is 17.5. The highest BCUT2D eigenvalue weighted by Crippen LogP contribution is 2.26. The summed E-state index contributed by atoms with van der Waals surface area (Å²) in [4.78, 5) is 32.1. The Balaban J connectivity index is 1.60. The predicted molar refractivity (Wildman–Crippen MR) is 121 cm³/mol. The largest absolute Gasteiger partial charge is 0.354 e. The number of nitrogens with zero attached hydrogens (tertiary/aromatic N) is 3. The van der Waals surface area contributed by atoms with Gasteiger partial charge in [0.1, 0.15) is 11.9 Å². The molecule has 0 aliphatic carbocycles. The molecule has 0 radical (unpaired) electrons. The lowest BCUT2D eigenvalue weighted by molar-refractivity contribution is -0.124. The third kappa shape index (κ3) is 3.94. The van der Waals surface area contributed by atoms with Crippen LogP contribution in [0.25, 0.3) is 16.7 Å². The molecule has 3 aromatic rings. The van der Waals surface area contributed by atoms with Crippen LogP contribution in [0.15, 0.2) is 48.5 Å². The van der Waals surface area contributed by atoms with E-state index in [1.165, 1.54) is 0 Å². The van der Waals surface area contributed by atoms with E-state index >= 15 is 0 Å². The summed E-state index contributed by atoms with van der Waals surface area (Å²) in [6.45, 7) is 6.68. The summed E-state index contributed by atoms with van der Waals surface area (Å²) in [5.74, 6) is 2.18. The second kappa shape index (κ2) is 8.52. The molecule has 1 saturated heterocycles. The molecule has 7 heteroatoms. The van der Waals surface area contributed by atoms with Crippen LogP contribution in [0.1, 0.15) is 30.0 Å². The van der Waals surface area contributed by atoms with Crippen molar-refractivity contribution in [2.45, 2.75) is 26.8 Å². The molecule has 30 heavy (non-hydrogen) atoms. The molecule has 2 heterocycles. The highest BCUT2D eigenvalue weighted by atomic mass is 32.2. The Labute approximate surface area is 180 Å². The second-order valence-corrected chi connectivity index (χ2v) is 8.96. The topological polar surface area (TPSA) is 67.2 Å². The van der Waals surface area contributed by atoms with Crippen LogP contribution < -0.4 is 5.32 Å². The fourth-order valence-electron chi connectivity index (χ4n) is 3.69. The minimum absolute atomic E-state index is 0.0765. The number of nitrogens with one attached hydrogen (secondary N) is 1. The van der Waals surface area contributed by atoms with Gasteiger partial charge in [0.15, 0.2) is 0 Å². The highest BCUT2D eigenvalue weighted by molar-refractivity contribution is 7.99. The number of fused-ring (bicyclic) bond motifs is 1. The summed E-state index contributed by atoms with van der Waals surface area (Å²) in [6, 6.07) is 15.2. The van der Waals surface area contributed by atoms with Gasteiger partial charge in [-0.15, -0.1) is 11.8 Å². The smallest absolute Gasteiger partial charge is 0.255 e. The van der Waals surface area contributed by atoms with Crippen LogP contribution >= 0.6 is 11.8 Å². The van der Waals surface area contributed by atoms with Crippen molar-refractivity contribution < 1.29 is 9.59 Å². The second-order valence-electron chi connectivity index (χ2n) is 7.96. The Bertz CT molecular complexity index is 1080. The van der Waals surface area contributed by atoms with Gasteiger partial charge in [-0.2, -0.15) is 0 Å². The Morgan fingerprint density at radius 3 is 2.70 bits per heavy atom. The number of carbonyl (C=O) groups excluding carboxylic acids is 2. The molecule has 4 rings (SSSR count). The molecule has 1 atom stereocenters. The van der Waals surface area contributed by atoms with Crippen LogP contribution in [0.3, 0.4) is 0 Å². The van der Waals surface area contributed by atoms with E-state index in [-0.39, 0.29) is 11.8 Å². The van der Waals surface area contributed by atoms with E-state index < -0.39 is 6.04 Å². The van der Waals surface area contributed by atoms with Gasteiger partial charge in [-0.1, -0.05) is 32.0 Å². The highest BCUT2D eigenvalue weighted by Gasteiger charge is 2.35. The number of carbonyl (C=O) groups is 2. The standard InChI is InChI=1S/C23H26N4O2S/c1-15(2)12-24-22(28)21-13-30-14-26(21)23(29)17-9-10-20-19(11-17)25-16(3)27(20)18-7-5-4-6-8-18/h4-11,15,21H,12-14H2,1-3H3,(H,24,28). The molecule has 1 aliphatic heterocycles. The van der Waals surface area contributed by atoms with Crippen molar-refractivity contribution in [1.82, 2.24) is 19.8 Å². The van der Waals surface area contributed by atoms with Gasteiger partial charge in [-0.05, 0) is 43.2 Å². The van der Waals surface area contributed by atoms with Gasteiger partial charge in [0.05, 0.1) is 16.9 Å². The first kappa shape index (κ1) is 20.5. The maximum atomic E-state index is 13.2. The predicted octanol–water partition coefficient (Wildman–Crippen LogP) is 3.62. The average Bonchev–Trinajstić information content (AvgIpc) is 3.35. The summed E-state index contributed by atoms with van der Waals surface area (Å²) >= 11 is 1.61. The van der Waals surface area contributed by atoms with Crippen LogP contribution in [0.5, 0.6) is 0 Å². The van der Waals surface area contributed by atoms with E-state index in [0.717, 1.165) is 22.5 Å². The number of hydrogen-bond acceptors (Lipinski definition) is 4. The number of benzene rings is 2. The van der Waals surface area contributed by atoms with Gasteiger partial charge in [-0.3, -0.25) is 14.2 Å². The Morgan fingerprint density at radius 1 is 1.20 bits per heavy atom. The molecule has 6 nitrogen and oxygen atoms in total. The van der Waals surface area contributed by atoms with Crippen molar-refractivity contribution in [2.75, 3.05) is 18.2 Å². The number of rotatable bonds is 5. The van der Waals surface area contributed by atoms with Crippen molar-refractivity contribution >= 4 is 34.6 Å². The first-order valence-corrected chi connectivity index (χ1v) is 11.3. The molecule has 156 valence electrons. The lowest BCUT2D eigenvalue weighted by Gasteiger charge is -2.23. The van der Waals surface area contributed by atoms with Crippen molar-refractivity contribution in [3.05, 3.63) is 59.9 Å². The van der Waals surface area contributed by atoms with Crippen molar-refractivity contribution in [2.24, 2.45) is 5.92 Å². The van der Waals surface area contributed by atoms with Gasteiger partial charge in [-0.25, -0.2) is 4.98 Å². The first-order chi connectivity index (χ1) is 14.5. The van der Waals surface area contributed by atoms with Crippen LogP contribution in [0.4, 0.5) is 0 Å². The van der Waals surface area contributed by atoms with E-state index in [0.29, 0.717) is 29.7 Å². The lowest BCUT2D eigenvalue weighted by atomic mass is 10.1. The molecule has 1 N–H and O–H groups in total.